The van der Waals surface area contributed by atoms with Crippen LogP contribution in [0, 0.1) is 5.92 Å². The van der Waals surface area contributed by atoms with E-state index in [4.69, 9.17) is 15.7 Å². The maximum atomic E-state index is 12.6. The van der Waals surface area contributed by atoms with E-state index in [0.717, 1.165) is 0 Å². The van der Waals surface area contributed by atoms with Crippen LogP contribution in [0.15, 0.2) is 22.8 Å². The molecule has 0 spiro atoms. The van der Waals surface area contributed by atoms with Gasteiger partial charge in [0.1, 0.15) is 19.3 Å². The molecule has 3 atom stereocenters. The lowest BCUT2D eigenvalue weighted by Gasteiger charge is -2.25. The van der Waals surface area contributed by atoms with Crippen molar-refractivity contribution in [3.05, 3.63) is 24.2 Å². The Balaban J connectivity index is 2.82. The number of hydrogen-bond donors (Lipinski definition) is 4. The lowest BCUT2D eigenvalue weighted by molar-refractivity contribution is -0.139. The number of furan rings is 1. The molecule has 1 heterocycles. The fraction of sp³-hybridized carbons (Fsp3) is 0.562. The second-order valence-electron chi connectivity index (χ2n) is 5.91. The molecule has 0 aliphatic carbocycles. The molecule has 1 unspecified atom stereocenters. The molecule has 1 aromatic heterocycles. The first kappa shape index (κ1) is 18.9. The second kappa shape index (κ2) is 9.80. The number of amides is 2. The van der Waals surface area contributed by atoms with Crippen molar-refractivity contribution in [2.75, 3.05) is 13.7 Å². The average Bonchev–Trinajstić information content (AvgIpc) is 3.10. The minimum Gasteiger partial charge on any atom is -0.481 e. The normalized spacial score (nSPS) is 15.1. The number of nitrogens with two attached hydrogens (primary N) is 1. The largest absolute Gasteiger partial charge is 0.481 e. The van der Waals surface area contributed by atoms with E-state index in [1.54, 1.807) is 26.0 Å². The third kappa shape index (κ3) is 6.55. The molecule has 140 valence electrons. The lowest BCUT2D eigenvalue weighted by Crippen LogP contribution is -2.54. The zero-order valence-corrected chi connectivity index (χ0v) is 14.4. The number of ether oxygens (including phenoxy) is 1. The van der Waals surface area contributed by atoms with Gasteiger partial charge < -0.3 is 30.6 Å². The Bertz CT molecular complexity index is 593. The molecule has 0 aromatic carbocycles. The van der Waals surface area contributed by atoms with Crippen LogP contribution >= 0.6 is 0 Å². The average molecular weight is 356 g/mol. The number of rotatable bonds is 11. The Kier molecular flexibility index (Phi) is 7.42. The van der Waals surface area contributed by atoms with Crippen molar-refractivity contribution < 1.29 is 30.1 Å². The van der Waals surface area contributed by atoms with Crippen molar-refractivity contribution in [1.29, 1.82) is 0 Å². The highest BCUT2D eigenvalue weighted by Crippen LogP contribution is 2.15. The molecule has 1 rings (SSSR count). The highest BCUT2D eigenvalue weighted by Gasteiger charge is 2.29. The van der Waals surface area contributed by atoms with E-state index in [2.05, 4.69) is 10.6 Å². The maximum absolute atomic E-state index is 12.6. The number of aliphatic carboxylic acids is 1. The van der Waals surface area contributed by atoms with E-state index in [0.29, 0.717) is 5.76 Å². The predicted octanol–water partition coefficient (Wildman–Crippen LogP) is 0.0261. The van der Waals surface area contributed by atoms with Crippen LogP contribution < -0.4 is 16.4 Å². The number of hydrogen-bond acceptors (Lipinski definition) is 6. The van der Waals surface area contributed by atoms with Crippen LogP contribution in [0.2, 0.25) is 1.41 Å². The smallest absolute Gasteiger partial charge is 0.305 e. The summed E-state index contributed by atoms with van der Waals surface area (Å²) in [6.07, 6.45) is 0.905. The van der Waals surface area contributed by atoms with Crippen molar-refractivity contribution in [3.63, 3.8) is 0 Å². The summed E-state index contributed by atoms with van der Waals surface area (Å²) < 4.78 is 17.5. The van der Waals surface area contributed by atoms with E-state index in [1.807, 2.05) is 5.73 Å². The minimum atomic E-state index is -1.26. The Morgan fingerprint density at radius 1 is 1.36 bits per heavy atom. The number of nitrogens with one attached hydrogen (secondary N) is 2. The Morgan fingerprint density at radius 3 is 2.56 bits per heavy atom. The number of carboxylic acid groups (broad SMARTS) is 1. The Labute approximate surface area is 147 Å². The second-order valence-corrected chi connectivity index (χ2v) is 5.91. The quantitative estimate of drug-likeness (QED) is 0.438. The van der Waals surface area contributed by atoms with E-state index < -0.39 is 42.3 Å². The third-order valence-electron chi connectivity index (χ3n) is 3.48. The van der Waals surface area contributed by atoms with Gasteiger partial charge in [0, 0.05) is 7.11 Å². The number of carbonyl (C=O) groups is 3. The van der Waals surface area contributed by atoms with Gasteiger partial charge in [0.2, 0.25) is 11.8 Å². The topological polar surface area (TPSA) is 144 Å². The number of methoxy groups -OCH3 is 1. The van der Waals surface area contributed by atoms with Crippen molar-refractivity contribution in [3.8, 4) is 0 Å². The summed E-state index contributed by atoms with van der Waals surface area (Å²) in [6.45, 7) is 3.65. The molecule has 5 N–H and O–H groups in total. The summed E-state index contributed by atoms with van der Waals surface area (Å²) in [7, 11) is 1.49. The summed E-state index contributed by atoms with van der Waals surface area (Å²) in [5, 5.41) is 14.0. The monoisotopic (exact) mass is 356 g/mol. The van der Waals surface area contributed by atoms with Gasteiger partial charge >= 0.3 is 5.97 Å². The molecule has 0 radical (unpaired) electrons. The molecule has 2 amide bonds. The van der Waals surface area contributed by atoms with Crippen LogP contribution in [-0.2, 0) is 19.1 Å². The molecule has 0 saturated carbocycles. The van der Waals surface area contributed by atoms with Gasteiger partial charge in [0.05, 0.1) is 25.3 Å². The van der Waals surface area contributed by atoms with Crippen molar-refractivity contribution in [1.82, 2.24) is 10.6 Å². The molecular weight excluding hydrogens is 330 g/mol. The van der Waals surface area contributed by atoms with Gasteiger partial charge in [-0.05, 0) is 18.1 Å². The number of carboxylic acids is 1. The molecule has 9 heteroatoms. The van der Waals surface area contributed by atoms with Gasteiger partial charge in [0.25, 0.3) is 0 Å². The minimum absolute atomic E-state index is 0.175. The van der Waals surface area contributed by atoms with E-state index >= 15 is 0 Å². The van der Waals surface area contributed by atoms with Crippen molar-refractivity contribution >= 4 is 17.8 Å². The summed E-state index contributed by atoms with van der Waals surface area (Å²) in [5.74, 6) is -2.20. The van der Waals surface area contributed by atoms with Crippen LogP contribution in [0.5, 0.6) is 0 Å². The van der Waals surface area contributed by atoms with Crippen molar-refractivity contribution in [2.24, 2.45) is 11.6 Å². The van der Waals surface area contributed by atoms with Gasteiger partial charge in [-0.1, -0.05) is 13.8 Å². The van der Waals surface area contributed by atoms with Crippen LogP contribution in [0.4, 0.5) is 0 Å². The lowest BCUT2D eigenvalue weighted by atomic mass is 10.0. The summed E-state index contributed by atoms with van der Waals surface area (Å²) in [5.41, 5.74) is 1.89. The molecule has 0 saturated heterocycles. The summed E-state index contributed by atoms with van der Waals surface area (Å²) >= 11 is 0. The Hall–Kier alpha value is -2.39. The molecule has 0 fully saturated rings. The molecule has 0 aliphatic heterocycles. The zero-order chi connectivity index (χ0) is 19.7. The van der Waals surface area contributed by atoms with Gasteiger partial charge in [-0.2, -0.15) is 0 Å². The highest BCUT2D eigenvalue weighted by atomic mass is 16.5. The Morgan fingerprint density at radius 2 is 2.08 bits per heavy atom. The molecular formula is C16H25N3O6. The first-order chi connectivity index (χ1) is 12.3. The molecule has 0 bridgehead atoms. The van der Waals surface area contributed by atoms with Crippen LogP contribution in [0.1, 0.15) is 32.1 Å². The predicted molar refractivity (Wildman–Crippen MR) is 88.5 cm³/mol. The molecule has 1 aromatic rings. The van der Waals surface area contributed by atoms with Crippen LogP contribution in [-0.4, -0.2) is 48.7 Å². The van der Waals surface area contributed by atoms with E-state index in [-0.39, 0.29) is 12.5 Å². The first-order valence-electron chi connectivity index (χ1n) is 8.32. The molecule has 9 nitrogen and oxygen atoms in total. The summed E-state index contributed by atoms with van der Waals surface area (Å²) in [4.78, 5) is 35.6. The van der Waals surface area contributed by atoms with Gasteiger partial charge in [0.15, 0.2) is 0 Å². The molecule has 25 heavy (non-hydrogen) atoms. The van der Waals surface area contributed by atoms with Crippen LogP contribution in [0.25, 0.3) is 0 Å². The number of carbonyl (C=O) groups excluding carboxylic acids is 2. The van der Waals surface area contributed by atoms with Gasteiger partial charge in [-0.15, -0.1) is 0 Å². The fourth-order valence-electron chi connectivity index (χ4n) is 2.17. The van der Waals surface area contributed by atoms with Crippen molar-refractivity contribution in [2.45, 2.75) is 38.4 Å². The fourth-order valence-corrected chi connectivity index (χ4v) is 2.17. The molecule has 0 aliphatic rings. The summed E-state index contributed by atoms with van der Waals surface area (Å²) in [6, 6.07) is 0.662. The highest BCUT2D eigenvalue weighted by molar-refractivity contribution is 5.91. The maximum Gasteiger partial charge on any atom is 0.305 e. The van der Waals surface area contributed by atoms with E-state index in [9.17, 15) is 14.4 Å². The van der Waals surface area contributed by atoms with Gasteiger partial charge in [-0.25, -0.2) is 0 Å². The van der Waals surface area contributed by atoms with Crippen LogP contribution in [0.3, 0.4) is 0 Å². The third-order valence-corrected chi connectivity index (χ3v) is 3.48. The first-order valence-corrected chi connectivity index (χ1v) is 7.82. The van der Waals surface area contributed by atoms with Gasteiger partial charge in [-0.3, -0.25) is 14.4 Å². The zero-order valence-electron chi connectivity index (χ0n) is 15.4. The standard InChI is InChI=1S/C16H25N3O6/c1-9(2)14(19-15(22)10(17)7-13(20)21)16(23)18-11(8-24-3)12-5-4-6-25-12/h4-6,9-11,14H,7-8,17H2,1-3H3,(H,18,23)(H,19,22)(H,20,21)/t10-,11?,14-/m0/s1/i/hD. The SMILES string of the molecule is [2H]N[C@@H](CC(=O)O)C(=O)N[C@H](C(=O)NC(COC)c1ccco1)C(C)C. The van der Waals surface area contributed by atoms with E-state index in [1.165, 1.54) is 13.4 Å².